The van der Waals surface area contributed by atoms with E-state index >= 15 is 0 Å². The molecule has 0 aliphatic rings. The van der Waals surface area contributed by atoms with Crippen molar-refractivity contribution in [1.82, 2.24) is 25.0 Å². The molecular formula is C11H15N6O7P2-3. The molecule has 0 aliphatic carbocycles. The average Bonchev–Trinajstić information content (AvgIpc) is 2.80. The number of phosphoric ester groups is 1. The molecule has 144 valence electrons. The highest BCUT2D eigenvalue weighted by Gasteiger charge is 2.15. The Kier molecular flexibility index (Phi) is 6.25. The first kappa shape index (κ1) is 20.6. The van der Waals surface area contributed by atoms with Crippen LogP contribution in [0.3, 0.4) is 0 Å². The third-order valence-electron chi connectivity index (χ3n) is 3.21. The minimum absolute atomic E-state index is 0.0106. The first-order valence-electron chi connectivity index (χ1n) is 7.13. The molecule has 26 heavy (non-hydrogen) atoms. The molecule has 1 atom stereocenters. The first-order valence-corrected chi connectivity index (χ1v) is 10.0. The zero-order valence-electron chi connectivity index (χ0n) is 13.8. The lowest BCUT2D eigenvalue weighted by Gasteiger charge is -2.34. The molecule has 0 bridgehead atoms. The smallest absolute Gasteiger partial charge is 0.271 e. The summed E-state index contributed by atoms with van der Waals surface area (Å²) in [6.07, 6.45) is 1.56. The Labute approximate surface area is 148 Å². The summed E-state index contributed by atoms with van der Waals surface area (Å²) in [5.41, 5.74) is 7.46. The van der Waals surface area contributed by atoms with Gasteiger partial charge in [0.2, 0.25) is 0 Å². The number of phosphoric acid groups is 2. The van der Waals surface area contributed by atoms with E-state index in [-0.39, 0.29) is 13.0 Å². The highest BCUT2D eigenvalue weighted by molar-refractivity contribution is 7.58. The van der Waals surface area contributed by atoms with E-state index in [2.05, 4.69) is 29.1 Å². The summed E-state index contributed by atoms with van der Waals surface area (Å²) in [7, 11) is -11.0. The van der Waals surface area contributed by atoms with E-state index in [1.165, 1.54) is 4.68 Å². The standard InChI is InChI=1S/C11H18N6O7P2/c1-7-10(3-4-23-26(21,22)24-25(18,19)20)15-16-17(7)6-9-5-13-8(2)14-11(9)12/h5H,3-4,6H2,1-2H3,(H,21,22)(H2,12,13,14)(H2,18,19,20)/p-3. The number of aromatic nitrogens is 5. The number of nitrogens with zero attached hydrogens (tertiary/aromatic N) is 5. The lowest BCUT2D eigenvalue weighted by molar-refractivity contribution is -0.339. The van der Waals surface area contributed by atoms with E-state index in [1.807, 2.05) is 0 Å². The van der Waals surface area contributed by atoms with Crippen LogP contribution in [0.4, 0.5) is 5.82 Å². The second-order valence-electron chi connectivity index (χ2n) is 5.17. The van der Waals surface area contributed by atoms with Gasteiger partial charge in [0.25, 0.3) is 7.82 Å². The molecule has 2 rings (SSSR count). The topological polar surface area (TPSA) is 204 Å². The molecule has 13 nitrogen and oxygen atoms in total. The van der Waals surface area contributed by atoms with Crippen LogP contribution in [0, 0.1) is 13.8 Å². The maximum absolute atomic E-state index is 11.2. The third-order valence-corrected chi connectivity index (χ3v) is 5.30. The molecule has 2 aromatic heterocycles. The first-order chi connectivity index (χ1) is 12.0. The van der Waals surface area contributed by atoms with Gasteiger partial charge in [0.05, 0.1) is 32.4 Å². The molecule has 0 amide bonds. The van der Waals surface area contributed by atoms with Crippen LogP contribution in [-0.4, -0.2) is 31.6 Å². The fourth-order valence-corrected chi connectivity index (χ4v) is 3.46. The quantitative estimate of drug-likeness (QED) is 0.482. The number of nitrogens with two attached hydrogens (primary N) is 1. The lowest BCUT2D eigenvalue weighted by Crippen LogP contribution is -2.19. The summed E-state index contributed by atoms with van der Waals surface area (Å²) >= 11 is 0. The highest BCUT2D eigenvalue weighted by atomic mass is 31.3. The number of hydrogen-bond acceptors (Lipinski definition) is 12. The predicted octanol–water partition coefficient (Wildman–Crippen LogP) is -1.81. The SMILES string of the molecule is Cc1ncc(Cn2nnc(CCOP(=O)([O-])OP(=O)([O-])[O-])c2C)c(N)n1. The second-order valence-corrected chi connectivity index (χ2v) is 7.87. The fourth-order valence-electron chi connectivity index (χ4n) is 1.97. The molecular weight excluding hydrogens is 390 g/mol. The Morgan fingerprint density at radius 2 is 1.96 bits per heavy atom. The maximum Gasteiger partial charge on any atom is 0.271 e. The van der Waals surface area contributed by atoms with E-state index < -0.39 is 22.3 Å². The van der Waals surface area contributed by atoms with Gasteiger partial charge in [-0.15, -0.1) is 5.10 Å². The van der Waals surface area contributed by atoms with Gasteiger partial charge in [0, 0.05) is 18.2 Å². The second kappa shape index (κ2) is 7.89. The van der Waals surface area contributed by atoms with Gasteiger partial charge in [-0.2, -0.15) is 0 Å². The molecule has 0 saturated carbocycles. The summed E-state index contributed by atoms with van der Waals surface area (Å²) in [4.78, 5) is 39.9. The van der Waals surface area contributed by atoms with Gasteiger partial charge in [0.1, 0.15) is 11.6 Å². The van der Waals surface area contributed by atoms with Gasteiger partial charge >= 0.3 is 0 Å². The van der Waals surface area contributed by atoms with Gasteiger partial charge in [-0.1, -0.05) is 5.21 Å². The van der Waals surface area contributed by atoms with E-state index in [0.29, 0.717) is 28.6 Å². The summed E-state index contributed by atoms with van der Waals surface area (Å²) in [5.74, 6) is 0.839. The molecule has 2 N–H and O–H groups in total. The minimum atomic E-state index is -5.71. The molecule has 1 unspecified atom stereocenters. The third kappa shape index (κ3) is 5.92. The van der Waals surface area contributed by atoms with E-state index in [0.717, 1.165) is 0 Å². The van der Waals surface area contributed by atoms with Crippen LogP contribution >= 0.6 is 15.6 Å². The molecule has 2 heterocycles. The van der Waals surface area contributed by atoms with Crippen LogP contribution in [0.5, 0.6) is 0 Å². The van der Waals surface area contributed by atoms with Crippen LogP contribution in [-0.2, 0) is 30.9 Å². The molecule has 0 radical (unpaired) electrons. The van der Waals surface area contributed by atoms with Crippen molar-refractivity contribution in [3.05, 3.63) is 29.0 Å². The van der Waals surface area contributed by atoms with Crippen LogP contribution in [0.1, 0.15) is 22.8 Å². The fraction of sp³-hybridized carbons (Fsp3) is 0.455. The Hall–Kier alpha value is -1.72. The molecule has 0 spiro atoms. The molecule has 0 fully saturated rings. The number of hydrogen-bond donors (Lipinski definition) is 1. The zero-order valence-corrected chi connectivity index (χ0v) is 15.6. The Balaban J connectivity index is 1.98. The number of nitrogen functional groups attached to an aromatic ring is 1. The van der Waals surface area contributed by atoms with Crippen molar-refractivity contribution < 1.29 is 32.6 Å². The number of rotatable bonds is 8. The van der Waals surface area contributed by atoms with Crippen molar-refractivity contribution in [2.45, 2.75) is 26.8 Å². The normalized spacial score (nSPS) is 14.3. The predicted molar refractivity (Wildman–Crippen MR) is 81.0 cm³/mol. The number of aryl methyl sites for hydroxylation is 1. The van der Waals surface area contributed by atoms with Gasteiger partial charge in [-0.25, -0.2) is 14.6 Å². The van der Waals surface area contributed by atoms with Crippen molar-refractivity contribution in [3.63, 3.8) is 0 Å². The Bertz CT molecular complexity index is 882. The van der Waals surface area contributed by atoms with Crippen LogP contribution in [0.15, 0.2) is 6.20 Å². The van der Waals surface area contributed by atoms with E-state index in [1.54, 1.807) is 20.0 Å². The van der Waals surface area contributed by atoms with Gasteiger partial charge in [-0.05, 0) is 13.8 Å². The van der Waals surface area contributed by atoms with Gasteiger partial charge in [0.15, 0.2) is 0 Å². The van der Waals surface area contributed by atoms with Crippen molar-refractivity contribution >= 4 is 21.5 Å². The summed E-state index contributed by atoms with van der Waals surface area (Å²) in [6.45, 7) is 3.17. The molecule has 0 aliphatic heterocycles. The van der Waals surface area contributed by atoms with Crippen molar-refractivity contribution in [3.8, 4) is 0 Å². The van der Waals surface area contributed by atoms with Crippen LogP contribution in [0.2, 0.25) is 0 Å². The van der Waals surface area contributed by atoms with Crippen molar-refractivity contribution in [1.29, 1.82) is 0 Å². The highest BCUT2D eigenvalue weighted by Crippen LogP contribution is 2.50. The Morgan fingerprint density at radius 3 is 2.58 bits per heavy atom. The van der Waals surface area contributed by atoms with E-state index in [4.69, 9.17) is 5.73 Å². The van der Waals surface area contributed by atoms with E-state index in [9.17, 15) is 23.8 Å². The zero-order chi connectivity index (χ0) is 19.5. The molecule has 2 aromatic rings. The van der Waals surface area contributed by atoms with Crippen LogP contribution < -0.4 is 20.4 Å². The lowest BCUT2D eigenvalue weighted by atomic mass is 10.2. The van der Waals surface area contributed by atoms with Crippen molar-refractivity contribution in [2.75, 3.05) is 12.3 Å². The summed E-state index contributed by atoms with van der Waals surface area (Å²) in [6, 6.07) is 0. The van der Waals surface area contributed by atoms with Gasteiger partial charge < -0.3 is 29.5 Å². The molecule has 0 aromatic carbocycles. The summed E-state index contributed by atoms with van der Waals surface area (Å²) < 4.78 is 30.7. The minimum Gasteiger partial charge on any atom is -0.790 e. The average molecular weight is 405 g/mol. The Morgan fingerprint density at radius 1 is 1.27 bits per heavy atom. The number of anilines is 1. The van der Waals surface area contributed by atoms with Crippen LogP contribution in [0.25, 0.3) is 0 Å². The largest absolute Gasteiger partial charge is 0.790 e. The van der Waals surface area contributed by atoms with Crippen molar-refractivity contribution in [2.24, 2.45) is 0 Å². The maximum atomic E-state index is 11.2. The monoisotopic (exact) mass is 405 g/mol. The molecule has 15 heteroatoms. The molecule has 0 saturated heterocycles. The summed E-state index contributed by atoms with van der Waals surface area (Å²) in [5, 5.41) is 7.82. The van der Waals surface area contributed by atoms with Gasteiger partial charge in [-0.3, -0.25) is 8.88 Å².